The van der Waals surface area contributed by atoms with Gasteiger partial charge in [0.15, 0.2) is 0 Å². The third kappa shape index (κ3) is 3.81. The van der Waals surface area contributed by atoms with Gasteiger partial charge in [0, 0.05) is 10.5 Å². The van der Waals surface area contributed by atoms with Crippen molar-refractivity contribution in [2.45, 2.75) is 56.3 Å². The summed E-state index contributed by atoms with van der Waals surface area (Å²) in [4.78, 5) is 11.8. The molecule has 0 aromatic heterocycles. The van der Waals surface area contributed by atoms with Crippen LogP contribution in [-0.2, 0) is 10.8 Å². The Morgan fingerprint density at radius 2 is 1.58 bits per heavy atom. The molecule has 0 fully saturated rings. The SMILES string of the molecule is CC1(C)CCC(C)(C)c2cc(C#CSc3ccc(C(=O)O)cc3)ccc21. The van der Waals surface area contributed by atoms with Crippen molar-refractivity contribution in [3.05, 3.63) is 64.7 Å². The fraction of sp³-hybridized carbons (Fsp3) is 0.348. The Morgan fingerprint density at radius 1 is 0.962 bits per heavy atom. The minimum atomic E-state index is -0.910. The standard InChI is InChI=1S/C23H24O2S/c1-22(2)12-13-23(3,4)20-15-16(5-10-19(20)22)11-14-26-18-8-6-17(7-9-18)21(24)25/h5-10,15H,12-13H2,1-4H3,(H,24,25). The van der Waals surface area contributed by atoms with Crippen molar-refractivity contribution in [2.75, 3.05) is 0 Å². The van der Waals surface area contributed by atoms with Gasteiger partial charge < -0.3 is 5.11 Å². The summed E-state index contributed by atoms with van der Waals surface area (Å²) in [6.07, 6.45) is 2.40. The van der Waals surface area contributed by atoms with E-state index >= 15 is 0 Å². The van der Waals surface area contributed by atoms with Crippen LogP contribution >= 0.6 is 11.8 Å². The molecule has 0 spiro atoms. The molecule has 1 N–H and O–H groups in total. The number of aromatic carboxylic acids is 1. The van der Waals surface area contributed by atoms with Gasteiger partial charge in [0.25, 0.3) is 0 Å². The Kier molecular flexibility index (Phi) is 4.90. The molecule has 0 atom stereocenters. The van der Waals surface area contributed by atoms with Gasteiger partial charge in [-0.1, -0.05) is 39.7 Å². The number of rotatable bonds is 2. The van der Waals surface area contributed by atoms with E-state index in [2.05, 4.69) is 57.1 Å². The maximum absolute atomic E-state index is 10.9. The van der Waals surface area contributed by atoms with Gasteiger partial charge in [-0.3, -0.25) is 0 Å². The van der Waals surface area contributed by atoms with Crippen molar-refractivity contribution >= 4 is 17.7 Å². The lowest BCUT2D eigenvalue weighted by Crippen LogP contribution is -2.33. The fourth-order valence-corrected chi connectivity index (χ4v) is 4.03. The molecule has 2 nitrogen and oxygen atoms in total. The van der Waals surface area contributed by atoms with E-state index in [1.807, 2.05) is 0 Å². The summed E-state index contributed by atoms with van der Waals surface area (Å²) in [5.74, 6) is 2.33. The first-order valence-corrected chi connectivity index (χ1v) is 9.67. The van der Waals surface area contributed by atoms with Crippen LogP contribution in [0, 0.1) is 11.2 Å². The number of hydrogen-bond acceptors (Lipinski definition) is 2. The van der Waals surface area contributed by atoms with Crippen molar-refractivity contribution in [1.29, 1.82) is 0 Å². The second kappa shape index (κ2) is 6.85. The highest BCUT2D eigenvalue weighted by Crippen LogP contribution is 2.45. The topological polar surface area (TPSA) is 37.3 Å². The highest BCUT2D eigenvalue weighted by atomic mass is 32.2. The summed E-state index contributed by atoms with van der Waals surface area (Å²) in [6.45, 7) is 9.28. The zero-order valence-corrected chi connectivity index (χ0v) is 16.5. The van der Waals surface area contributed by atoms with Crippen molar-refractivity contribution in [3.63, 3.8) is 0 Å². The molecule has 3 heteroatoms. The van der Waals surface area contributed by atoms with Crippen LogP contribution in [0.5, 0.6) is 0 Å². The predicted octanol–water partition coefficient (Wildman–Crippen LogP) is 5.84. The van der Waals surface area contributed by atoms with Crippen LogP contribution in [0.4, 0.5) is 0 Å². The Labute approximate surface area is 160 Å². The fourth-order valence-electron chi connectivity index (χ4n) is 3.48. The van der Waals surface area contributed by atoms with Crippen LogP contribution in [0.1, 0.15) is 67.6 Å². The first-order valence-electron chi connectivity index (χ1n) is 8.85. The van der Waals surface area contributed by atoms with Crippen LogP contribution < -0.4 is 0 Å². The van der Waals surface area contributed by atoms with Gasteiger partial charge >= 0.3 is 5.97 Å². The van der Waals surface area contributed by atoms with E-state index in [1.165, 1.54) is 35.7 Å². The van der Waals surface area contributed by atoms with Crippen LogP contribution in [-0.4, -0.2) is 11.1 Å². The molecule has 0 amide bonds. The van der Waals surface area contributed by atoms with Crippen molar-refractivity contribution < 1.29 is 9.90 Å². The van der Waals surface area contributed by atoms with Gasteiger partial charge in [-0.25, -0.2) is 4.79 Å². The van der Waals surface area contributed by atoms with Crippen molar-refractivity contribution in [1.82, 2.24) is 0 Å². The van der Waals surface area contributed by atoms with Gasteiger partial charge in [-0.05, 0) is 88.2 Å². The number of carbonyl (C=O) groups is 1. The lowest BCUT2D eigenvalue weighted by molar-refractivity contribution is 0.0697. The number of thioether (sulfide) groups is 1. The van der Waals surface area contributed by atoms with E-state index in [4.69, 9.17) is 5.11 Å². The lowest BCUT2D eigenvalue weighted by Gasteiger charge is -2.41. The average molecular weight is 365 g/mol. The molecule has 1 aliphatic carbocycles. The summed E-state index contributed by atoms with van der Waals surface area (Å²) in [5.41, 5.74) is 4.58. The van der Waals surface area contributed by atoms with Crippen LogP contribution in [0.2, 0.25) is 0 Å². The molecule has 0 saturated carbocycles. The molecular weight excluding hydrogens is 340 g/mol. The minimum Gasteiger partial charge on any atom is -0.478 e. The highest BCUT2D eigenvalue weighted by Gasteiger charge is 2.36. The Balaban J connectivity index is 1.82. The maximum Gasteiger partial charge on any atom is 0.335 e. The monoisotopic (exact) mass is 364 g/mol. The van der Waals surface area contributed by atoms with Gasteiger partial charge in [0.1, 0.15) is 0 Å². The van der Waals surface area contributed by atoms with E-state index in [-0.39, 0.29) is 10.8 Å². The Morgan fingerprint density at radius 3 is 2.19 bits per heavy atom. The Hall–Kier alpha value is -2.18. The first kappa shape index (κ1) is 18.6. The van der Waals surface area contributed by atoms with Crippen LogP contribution in [0.25, 0.3) is 0 Å². The van der Waals surface area contributed by atoms with Crippen LogP contribution in [0.15, 0.2) is 47.4 Å². The third-order valence-corrected chi connectivity index (χ3v) is 6.03. The highest BCUT2D eigenvalue weighted by molar-refractivity contribution is 8.04. The maximum atomic E-state index is 10.9. The molecule has 2 aromatic rings. The number of fused-ring (bicyclic) bond motifs is 1. The zero-order valence-electron chi connectivity index (χ0n) is 15.7. The molecule has 0 heterocycles. The van der Waals surface area contributed by atoms with Gasteiger partial charge in [0.05, 0.1) is 5.56 Å². The third-order valence-electron chi connectivity index (χ3n) is 5.32. The summed E-state index contributed by atoms with van der Waals surface area (Å²) in [5, 5.41) is 12.1. The molecule has 0 radical (unpaired) electrons. The number of benzene rings is 2. The normalized spacial score (nSPS) is 16.9. The number of carboxylic acid groups (broad SMARTS) is 1. The smallest absolute Gasteiger partial charge is 0.335 e. The van der Waals surface area contributed by atoms with Crippen molar-refractivity contribution in [2.24, 2.45) is 0 Å². The van der Waals surface area contributed by atoms with E-state index in [0.717, 1.165) is 10.5 Å². The molecular formula is C23H24O2S. The van der Waals surface area contributed by atoms with E-state index in [0.29, 0.717) is 5.56 Å². The predicted molar refractivity (Wildman–Crippen MR) is 108 cm³/mol. The van der Waals surface area contributed by atoms with Gasteiger partial charge in [-0.2, -0.15) is 0 Å². The quantitative estimate of drug-likeness (QED) is 0.538. The Bertz CT molecular complexity index is 896. The van der Waals surface area contributed by atoms with Crippen LogP contribution in [0.3, 0.4) is 0 Å². The second-order valence-corrected chi connectivity index (χ2v) is 9.07. The summed E-state index contributed by atoms with van der Waals surface area (Å²) in [6, 6.07) is 13.4. The van der Waals surface area contributed by atoms with Gasteiger partial charge in [0.2, 0.25) is 0 Å². The largest absolute Gasteiger partial charge is 0.478 e. The molecule has 0 saturated heterocycles. The zero-order chi connectivity index (χ0) is 18.9. The molecule has 26 heavy (non-hydrogen) atoms. The molecule has 0 bridgehead atoms. The molecule has 2 aromatic carbocycles. The molecule has 0 unspecified atom stereocenters. The summed E-state index contributed by atoms with van der Waals surface area (Å²) >= 11 is 1.42. The summed E-state index contributed by atoms with van der Waals surface area (Å²) in [7, 11) is 0. The van der Waals surface area contributed by atoms with E-state index in [9.17, 15) is 4.79 Å². The average Bonchev–Trinajstić information content (AvgIpc) is 2.59. The number of carboxylic acids is 1. The minimum absolute atomic E-state index is 0.183. The molecule has 3 rings (SSSR count). The lowest BCUT2D eigenvalue weighted by atomic mass is 9.63. The van der Waals surface area contributed by atoms with Crippen molar-refractivity contribution in [3.8, 4) is 11.2 Å². The molecule has 1 aliphatic rings. The van der Waals surface area contributed by atoms with E-state index in [1.54, 1.807) is 24.3 Å². The van der Waals surface area contributed by atoms with E-state index < -0.39 is 5.97 Å². The molecule has 134 valence electrons. The molecule has 0 aliphatic heterocycles. The first-order chi connectivity index (χ1) is 12.2. The van der Waals surface area contributed by atoms with Gasteiger partial charge in [-0.15, -0.1) is 0 Å². The second-order valence-electron chi connectivity index (χ2n) is 8.19. The number of hydrogen-bond donors (Lipinski definition) is 1. The summed E-state index contributed by atoms with van der Waals surface area (Å²) < 4.78 is 0.